The highest BCUT2D eigenvalue weighted by Gasteiger charge is 2.46. The zero-order chi connectivity index (χ0) is 17.0. The summed E-state index contributed by atoms with van der Waals surface area (Å²) in [5.74, 6) is 4.36. The van der Waals surface area contributed by atoms with Crippen LogP contribution in [-0.2, 0) is 4.79 Å². The highest BCUT2D eigenvalue weighted by molar-refractivity contribution is 5.70. The van der Waals surface area contributed by atoms with Crippen LogP contribution >= 0.6 is 0 Å². The van der Waals surface area contributed by atoms with Crippen molar-refractivity contribution in [3.8, 4) is 0 Å². The van der Waals surface area contributed by atoms with Crippen LogP contribution in [0.15, 0.2) is 23.3 Å². The maximum Gasteiger partial charge on any atom is 0.306 e. The topological polar surface area (TPSA) is 37.3 Å². The SMILES string of the molecule is O=C(O)C1CCC2CCC3C(=C2C1)C=CC1C2CCCCC2CCC31. The molecule has 0 amide bonds. The van der Waals surface area contributed by atoms with Crippen LogP contribution in [0.2, 0.25) is 0 Å². The van der Waals surface area contributed by atoms with Crippen LogP contribution in [0, 0.1) is 41.4 Å². The Morgan fingerprint density at radius 2 is 1.76 bits per heavy atom. The van der Waals surface area contributed by atoms with Gasteiger partial charge in [-0.25, -0.2) is 0 Å². The molecule has 7 unspecified atom stereocenters. The fraction of sp³-hybridized carbons (Fsp3) is 0.783. The number of carboxylic acid groups (broad SMARTS) is 1. The predicted molar refractivity (Wildman–Crippen MR) is 99.0 cm³/mol. The molecule has 25 heavy (non-hydrogen) atoms. The minimum atomic E-state index is -0.575. The lowest BCUT2D eigenvalue weighted by Crippen LogP contribution is -2.42. The van der Waals surface area contributed by atoms with Crippen molar-refractivity contribution in [3.63, 3.8) is 0 Å². The van der Waals surface area contributed by atoms with E-state index in [-0.39, 0.29) is 5.92 Å². The number of allylic oxidation sites excluding steroid dienone is 4. The average Bonchev–Trinajstić information content (AvgIpc) is 2.66. The molecule has 0 aromatic carbocycles. The standard InChI is InChI=1S/C23H32O2/c24-23(25)16-6-5-15-8-10-20-19-9-7-14-3-1-2-4-17(14)18(19)11-12-21(20)22(15)13-16/h11-12,14-20H,1-10,13H2,(H,24,25). The van der Waals surface area contributed by atoms with E-state index < -0.39 is 5.97 Å². The Morgan fingerprint density at radius 3 is 2.64 bits per heavy atom. The van der Waals surface area contributed by atoms with Gasteiger partial charge in [-0.1, -0.05) is 37.0 Å². The highest BCUT2D eigenvalue weighted by atomic mass is 16.4. The summed E-state index contributed by atoms with van der Waals surface area (Å²) in [7, 11) is 0. The van der Waals surface area contributed by atoms with Gasteiger partial charge in [-0.15, -0.1) is 0 Å². The fourth-order valence-corrected chi connectivity index (χ4v) is 7.43. The van der Waals surface area contributed by atoms with Crippen LogP contribution in [0.25, 0.3) is 0 Å². The van der Waals surface area contributed by atoms with E-state index in [9.17, 15) is 9.90 Å². The molecule has 5 aliphatic rings. The van der Waals surface area contributed by atoms with Gasteiger partial charge in [-0.3, -0.25) is 4.79 Å². The summed E-state index contributed by atoms with van der Waals surface area (Å²) >= 11 is 0. The minimum absolute atomic E-state index is 0.127. The third kappa shape index (κ3) is 2.62. The number of rotatable bonds is 1. The summed E-state index contributed by atoms with van der Waals surface area (Å²) in [6, 6.07) is 0. The van der Waals surface area contributed by atoms with Crippen molar-refractivity contribution < 1.29 is 9.90 Å². The zero-order valence-electron chi connectivity index (χ0n) is 15.3. The van der Waals surface area contributed by atoms with E-state index in [1.165, 1.54) is 51.4 Å². The Hall–Kier alpha value is -1.05. The van der Waals surface area contributed by atoms with E-state index >= 15 is 0 Å². The van der Waals surface area contributed by atoms with Gasteiger partial charge in [0.1, 0.15) is 0 Å². The maximum atomic E-state index is 11.5. The number of fused-ring (bicyclic) bond motifs is 6. The Bertz CT molecular complexity index is 616. The van der Waals surface area contributed by atoms with E-state index in [1.807, 2.05) is 0 Å². The summed E-state index contributed by atoms with van der Waals surface area (Å²) in [6.07, 6.45) is 19.3. The zero-order valence-corrected chi connectivity index (χ0v) is 15.3. The summed E-state index contributed by atoms with van der Waals surface area (Å²) in [5, 5.41) is 9.50. The molecule has 0 radical (unpaired) electrons. The van der Waals surface area contributed by atoms with Crippen LogP contribution in [0.5, 0.6) is 0 Å². The summed E-state index contributed by atoms with van der Waals surface area (Å²) in [6.45, 7) is 0. The van der Waals surface area contributed by atoms with Gasteiger partial charge < -0.3 is 5.11 Å². The molecule has 3 fully saturated rings. The van der Waals surface area contributed by atoms with Crippen molar-refractivity contribution in [1.29, 1.82) is 0 Å². The molecule has 1 N–H and O–H groups in total. The summed E-state index contributed by atoms with van der Waals surface area (Å²) < 4.78 is 0. The fourth-order valence-electron chi connectivity index (χ4n) is 7.43. The lowest BCUT2D eigenvalue weighted by atomic mass is 9.53. The molecule has 0 spiro atoms. The molecule has 136 valence electrons. The number of carbonyl (C=O) groups is 1. The van der Waals surface area contributed by atoms with Crippen molar-refractivity contribution >= 4 is 5.97 Å². The van der Waals surface area contributed by atoms with E-state index in [2.05, 4.69) is 12.2 Å². The number of aliphatic carboxylic acids is 1. The van der Waals surface area contributed by atoms with E-state index in [0.717, 1.165) is 48.9 Å². The molecule has 0 aromatic heterocycles. The van der Waals surface area contributed by atoms with Gasteiger partial charge in [0.15, 0.2) is 0 Å². The molecule has 0 aromatic rings. The summed E-state index contributed by atoms with van der Waals surface area (Å²) in [4.78, 5) is 11.5. The van der Waals surface area contributed by atoms with Crippen molar-refractivity contribution in [2.75, 3.05) is 0 Å². The van der Waals surface area contributed by atoms with Gasteiger partial charge in [0, 0.05) is 0 Å². The molecule has 0 saturated heterocycles. The molecule has 2 heteroatoms. The Balaban J connectivity index is 1.47. The Kier molecular flexibility index (Phi) is 4.06. The van der Waals surface area contributed by atoms with Gasteiger partial charge in [-0.05, 0) is 92.4 Å². The Morgan fingerprint density at radius 1 is 0.920 bits per heavy atom. The van der Waals surface area contributed by atoms with Crippen molar-refractivity contribution in [2.24, 2.45) is 41.4 Å². The second kappa shape index (κ2) is 6.28. The predicted octanol–water partition coefficient (Wildman–Crippen LogP) is 5.60. The van der Waals surface area contributed by atoms with Crippen LogP contribution in [0.1, 0.15) is 70.6 Å². The van der Waals surface area contributed by atoms with E-state index in [0.29, 0.717) is 5.92 Å². The highest BCUT2D eigenvalue weighted by Crippen LogP contribution is 2.56. The molecule has 3 saturated carbocycles. The molecule has 0 aliphatic heterocycles. The van der Waals surface area contributed by atoms with Crippen LogP contribution in [0.4, 0.5) is 0 Å². The molecule has 5 aliphatic carbocycles. The number of hydrogen-bond acceptors (Lipinski definition) is 1. The van der Waals surface area contributed by atoms with Gasteiger partial charge in [0.05, 0.1) is 5.92 Å². The number of hydrogen-bond donors (Lipinski definition) is 1. The second-order valence-electron chi connectivity index (χ2n) is 9.56. The van der Waals surface area contributed by atoms with E-state index in [4.69, 9.17) is 0 Å². The van der Waals surface area contributed by atoms with Crippen molar-refractivity contribution in [3.05, 3.63) is 23.3 Å². The van der Waals surface area contributed by atoms with Gasteiger partial charge in [-0.2, -0.15) is 0 Å². The first-order valence-electron chi connectivity index (χ1n) is 10.9. The third-order valence-corrected chi connectivity index (χ3v) is 8.61. The Labute approximate surface area is 151 Å². The first kappa shape index (κ1) is 16.1. The quantitative estimate of drug-likeness (QED) is 0.675. The lowest BCUT2D eigenvalue weighted by Gasteiger charge is -2.51. The molecular formula is C23H32O2. The molecule has 7 atom stereocenters. The molecule has 5 rings (SSSR count). The molecular weight excluding hydrogens is 308 g/mol. The second-order valence-corrected chi connectivity index (χ2v) is 9.56. The van der Waals surface area contributed by atoms with Gasteiger partial charge >= 0.3 is 5.97 Å². The first-order chi connectivity index (χ1) is 12.2. The van der Waals surface area contributed by atoms with Crippen molar-refractivity contribution in [1.82, 2.24) is 0 Å². The average molecular weight is 341 g/mol. The van der Waals surface area contributed by atoms with Gasteiger partial charge in [0.2, 0.25) is 0 Å². The molecule has 0 heterocycles. The number of carboxylic acids is 1. The normalized spacial score (nSPS) is 45.8. The van der Waals surface area contributed by atoms with E-state index in [1.54, 1.807) is 11.1 Å². The smallest absolute Gasteiger partial charge is 0.306 e. The minimum Gasteiger partial charge on any atom is -0.481 e. The van der Waals surface area contributed by atoms with Crippen LogP contribution in [-0.4, -0.2) is 11.1 Å². The molecule has 0 bridgehead atoms. The third-order valence-electron chi connectivity index (χ3n) is 8.61. The molecule has 2 nitrogen and oxygen atoms in total. The van der Waals surface area contributed by atoms with Crippen molar-refractivity contribution in [2.45, 2.75) is 70.6 Å². The first-order valence-corrected chi connectivity index (χ1v) is 10.9. The van der Waals surface area contributed by atoms with Gasteiger partial charge in [0.25, 0.3) is 0 Å². The maximum absolute atomic E-state index is 11.5. The van der Waals surface area contributed by atoms with Crippen LogP contribution in [0.3, 0.4) is 0 Å². The monoisotopic (exact) mass is 340 g/mol. The summed E-state index contributed by atoms with van der Waals surface area (Å²) in [5.41, 5.74) is 3.15. The lowest BCUT2D eigenvalue weighted by molar-refractivity contribution is -0.142. The largest absolute Gasteiger partial charge is 0.481 e. The van der Waals surface area contributed by atoms with Crippen LogP contribution < -0.4 is 0 Å².